The van der Waals surface area contributed by atoms with Crippen LogP contribution in [0.4, 0.5) is 0 Å². The van der Waals surface area contributed by atoms with E-state index in [4.69, 9.17) is 4.74 Å². The molecule has 0 saturated heterocycles. The highest BCUT2D eigenvalue weighted by Gasteiger charge is 2.24. The molecule has 0 aliphatic rings. The van der Waals surface area contributed by atoms with Crippen LogP contribution in [0.15, 0.2) is 0 Å². The first-order valence-corrected chi connectivity index (χ1v) is 7.71. The van der Waals surface area contributed by atoms with Gasteiger partial charge >= 0.3 is 0 Å². The fourth-order valence-electron chi connectivity index (χ4n) is 1.21. The van der Waals surface area contributed by atoms with Gasteiger partial charge in [-0.2, -0.15) is 0 Å². The molecule has 0 aromatic rings. The van der Waals surface area contributed by atoms with E-state index in [1.807, 2.05) is 27.7 Å². The number of aliphatic hydroxyl groups is 1. The van der Waals surface area contributed by atoms with E-state index >= 15 is 0 Å². The van der Waals surface area contributed by atoms with Crippen molar-refractivity contribution in [3.63, 3.8) is 0 Å². The monoisotopic (exact) mass is 267 g/mol. The summed E-state index contributed by atoms with van der Waals surface area (Å²) in [5.74, 6) is -0.0747. The second-order valence-corrected chi connectivity index (χ2v) is 6.42. The van der Waals surface area contributed by atoms with Gasteiger partial charge in [0.2, 0.25) is 10.0 Å². The summed E-state index contributed by atoms with van der Waals surface area (Å²) in [6.45, 7) is 7.60. The summed E-state index contributed by atoms with van der Waals surface area (Å²) >= 11 is 0. The summed E-state index contributed by atoms with van der Waals surface area (Å²) < 4.78 is 30.8. The molecule has 0 spiro atoms. The number of hydrogen-bond donors (Lipinski definition) is 2. The van der Waals surface area contributed by atoms with Gasteiger partial charge in [-0.05, 0) is 26.7 Å². The molecule has 0 aromatic heterocycles. The Kier molecular flexibility index (Phi) is 7.23. The van der Waals surface area contributed by atoms with Crippen molar-refractivity contribution in [1.29, 1.82) is 0 Å². The maximum Gasteiger partial charge on any atom is 0.213 e. The number of sulfonamides is 1. The highest BCUT2D eigenvalue weighted by Crippen LogP contribution is 2.13. The predicted molar refractivity (Wildman–Crippen MR) is 68.4 cm³/mol. The van der Waals surface area contributed by atoms with E-state index in [1.165, 1.54) is 0 Å². The third-order valence-corrected chi connectivity index (χ3v) is 4.03. The lowest BCUT2D eigenvalue weighted by atomic mass is 9.98. The molecular formula is C11H25NO4S. The van der Waals surface area contributed by atoms with Gasteiger partial charge in [0.05, 0.1) is 24.1 Å². The first-order valence-electron chi connectivity index (χ1n) is 6.06. The SMILES string of the molecule is CCC(O)(CC)CNS(=O)(=O)CCOC(C)C. The van der Waals surface area contributed by atoms with E-state index in [1.54, 1.807) is 0 Å². The molecule has 6 heteroatoms. The summed E-state index contributed by atoms with van der Waals surface area (Å²) in [6, 6.07) is 0. The zero-order valence-electron chi connectivity index (χ0n) is 11.2. The van der Waals surface area contributed by atoms with E-state index in [2.05, 4.69) is 4.72 Å². The van der Waals surface area contributed by atoms with Gasteiger partial charge in [0, 0.05) is 6.54 Å². The number of hydrogen-bond acceptors (Lipinski definition) is 4. The summed E-state index contributed by atoms with van der Waals surface area (Å²) in [5.41, 5.74) is -0.952. The van der Waals surface area contributed by atoms with Crippen molar-refractivity contribution in [2.45, 2.75) is 52.2 Å². The van der Waals surface area contributed by atoms with Crippen LogP contribution >= 0.6 is 0 Å². The fourth-order valence-corrected chi connectivity index (χ4v) is 2.16. The minimum atomic E-state index is -3.37. The Bertz CT molecular complexity index is 297. The van der Waals surface area contributed by atoms with Crippen LogP contribution in [0.1, 0.15) is 40.5 Å². The average molecular weight is 267 g/mol. The maximum atomic E-state index is 11.6. The molecule has 0 aliphatic carbocycles. The molecule has 104 valence electrons. The largest absolute Gasteiger partial charge is 0.389 e. The predicted octanol–water partition coefficient (Wildman–Crippen LogP) is 0.882. The van der Waals surface area contributed by atoms with Gasteiger partial charge in [0.25, 0.3) is 0 Å². The quantitative estimate of drug-likeness (QED) is 0.650. The van der Waals surface area contributed by atoms with Crippen LogP contribution in [0.3, 0.4) is 0 Å². The molecular weight excluding hydrogens is 242 g/mol. The third-order valence-electron chi connectivity index (χ3n) is 2.74. The second-order valence-electron chi connectivity index (χ2n) is 4.49. The minimum absolute atomic E-state index is 0.0217. The van der Waals surface area contributed by atoms with Gasteiger partial charge in [-0.15, -0.1) is 0 Å². The van der Waals surface area contributed by atoms with Crippen LogP contribution in [0.5, 0.6) is 0 Å². The number of nitrogens with one attached hydrogen (secondary N) is 1. The van der Waals surface area contributed by atoms with Crippen molar-refractivity contribution in [2.24, 2.45) is 0 Å². The maximum absolute atomic E-state index is 11.6. The van der Waals surface area contributed by atoms with Crippen molar-refractivity contribution < 1.29 is 18.3 Å². The van der Waals surface area contributed by atoms with Crippen molar-refractivity contribution in [3.05, 3.63) is 0 Å². The standard InChI is InChI=1S/C11H25NO4S/c1-5-11(13,6-2)9-12-17(14,15)8-7-16-10(3)4/h10,12-13H,5-9H2,1-4H3. The molecule has 0 aromatic carbocycles. The van der Waals surface area contributed by atoms with Crippen LogP contribution in [0, 0.1) is 0 Å². The van der Waals surface area contributed by atoms with Crippen LogP contribution in [-0.2, 0) is 14.8 Å². The summed E-state index contributed by atoms with van der Waals surface area (Å²) in [5, 5.41) is 9.95. The van der Waals surface area contributed by atoms with Gasteiger partial charge in [-0.25, -0.2) is 13.1 Å². The normalized spacial score (nSPS) is 13.3. The van der Waals surface area contributed by atoms with Crippen molar-refractivity contribution in [1.82, 2.24) is 4.72 Å². The Hall–Kier alpha value is -0.170. The Labute approximate surface area is 105 Å². The molecule has 0 saturated carbocycles. The van der Waals surface area contributed by atoms with Crippen molar-refractivity contribution in [3.8, 4) is 0 Å². The molecule has 0 amide bonds. The molecule has 0 atom stereocenters. The molecule has 0 radical (unpaired) electrons. The Morgan fingerprint density at radius 3 is 2.24 bits per heavy atom. The average Bonchev–Trinajstić information content (AvgIpc) is 2.25. The topological polar surface area (TPSA) is 75.6 Å². The van der Waals surface area contributed by atoms with Crippen LogP contribution in [-0.4, -0.2) is 44.1 Å². The smallest absolute Gasteiger partial charge is 0.213 e. The van der Waals surface area contributed by atoms with E-state index in [0.29, 0.717) is 12.8 Å². The molecule has 17 heavy (non-hydrogen) atoms. The zero-order valence-corrected chi connectivity index (χ0v) is 12.0. The summed E-state index contributed by atoms with van der Waals surface area (Å²) in [4.78, 5) is 0. The second kappa shape index (κ2) is 7.31. The van der Waals surface area contributed by atoms with Crippen LogP contribution < -0.4 is 4.72 Å². The zero-order chi connectivity index (χ0) is 13.5. The van der Waals surface area contributed by atoms with E-state index in [0.717, 1.165) is 0 Å². The molecule has 0 heterocycles. The van der Waals surface area contributed by atoms with Gasteiger partial charge in [-0.3, -0.25) is 0 Å². The van der Waals surface area contributed by atoms with Crippen molar-refractivity contribution in [2.75, 3.05) is 18.9 Å². The Balaban J connectivity index is 4.09. The first kappa shape index (κ1) is 16.8. The van der Waals surface area contributed by atoms with Gasteiger partial charge in [0.15, 0.2) is 0 Å². The summed E-state index contributed by atoms with van der Waals surface area (Å²) in [6.07, 6.45) is 1.07. The molecule has 0 bridgehead atoms. The van der Waals surface area contributed by atoms with E-state index in [-0.39, 0.29) is 25.0 Å². The fraction of sp³-hybridized carbons (Fsp3) is 1.00. The number of ether oxygens (including phenoxy) is 1. The Morgan fingerprint density at radius 1 is 1.29 bits per heavy atom. The summed E-state index contributed by atoms with van der Waals surface area (Å²) in [7, 11) is -3.37. The highest BCUT2D eigenvalue weighted by atomic mass is 32.2. The first-order chi connectivity index (χ1) is 7.74. The van der Waals surface area contributed by atoms with E-state index in [9.17, 15) is 13.5 Å². The van der Waals surface area contributed by atoms with E-state index < -0.39 is 15.6 Å². The lowest BCUT2D eigenvalue weighted by molar-refractivity contribution is 0.0375. The molecule has 0 unspecified atom stereocenters. The molecule has 2 N–H and O–H groups in total. The molecule has 0 fully saturated rings. The number of rotatable bonds is 9. The third kappa shape index (κ3) is 7.70. The van der Waals surface area contributed by atoms with Gasteiger partial charge < -0.3 is 9.84 Å². The minimum Gasteiger partial charge on any atom is -0.389 e. The van der Waals surface area contributed by atoms with Crippen molar-refractivity contribution >= 4 is 10.0 Å². The van der Waals surface area contributed by atoms with Gasteiger partial charge in [-0.1, -0.05) is 13.8 Å². The molecule has 0 aliphatic heterocycles. The molecule has 0 rings (SSSR count). The Morgan fingerprint density at radius 2 is 1.82 bits per heavy atom. The van der Waals surface area contributed by atoms with Gasteiger partial charge in [0.1, 0.15) is 0 Å². The lowest BCUT2D eigenvalue weighted by Gasteiger charge is -2.25. The highest BCUT2D eigenvalue weighted by molar-refractivity contribution is 7.89. The lowest BCUT2D eigenvalue weighted by Crippen LogP contribution is -2.43. The van der Waals surface area contributed by atoms with Crippen LogP contribution in [0.2, 0.25) is 0 Å². The molecule has 5 nitrogen and oxygen atoms in total. The van der Waals surface area contributed by atoms with Crippen LogP contribution in [0.25, 0.3) is 0 Å².